The maximum atomic E-state index is 11.1. The molecular formula is C12H21NO. The van der Waals surface area contributed by atoms with Crippen molar-refractivity contribution >= 4 is 5.91 Å². The van der Waals surface area contributed by atoms with Gasteiger partial charge in [0, 0.05) is 20.2 Å². The highest BCUT2D eigenvalue weighted by Crippen LogP contribution is 1.99. The van der Waals surface area contributed by atoms with E-state index in [0.29, 0.717) is 0 Å². The van der Waals surface area contributed by atoms with Crippen LogP contribution in [0.3, 0.4) is 0 Å². The van der Waals surface area contributed by atoms with Gasteiger partial charge in [0.15, 0.2) is 0 Å². The number of allylic oxidation sites excluding steroid dienone is 3. The second-order valence-corrected chi connectivity index (χ2v) is 3.52. The smallest absolute Gasteiger partial charge is 0.246 e. The van der Waals surface area contributed by atoms with Gasteiger partial charge >= 0.3 is 0 Å². The number of amides is 1. The number of carbonyl (C=O) groups is 1. The third kappa shape index (κ3) is 7.59. The monoisotopic (exact) mass is 195 g/mol. The van der Waals surface area contributed by atoms with Crippen molar-refractivity contribution in [3.05, 3.63) is 24.3 Å². The Labute approximate surface area is 87.3 Å². The standard InChI is InChI=1S/C12H21NO/c1-4-5-6-7-8-9-10-11-12(14)13(2)3/h8-11H,4-7H2,1-3H3/b9-8+,11-10+. The number of hydrogen-bond acceptors (Lipinski definition) is 1. The minimum absolute atomic E-state index is 0.0307. The van der Waals surface area contributed by atoms with E-state index in [2.05, 4.69) is 13.0 Å². The first-order valence-corrected chi connectivity index (χ1v) is 5.23. The van der Waals surface area contributed by atoms with Crippen LogP contribution in [0, 0.1) is 0 Å². The summed E-state index contributed by atoms with van der Waals surface area (Å²) in [7, 11) is 3.50. The highest BCUT2D eigenvalue weighted by Gasteiger charge is 1.93. The van der Waals surface area contributed by atoms with Gasteiger partial charge in [0.25, 0.3) is 0 Å². The summed E-state index contributed by atoms with van der Waals surface area (Å²) in [5.41, 5.74) is 0. The fourth-order valence-corrected chi connectivity index (χ4v) is 0.974. The van der Waals surface area contributed by atoms with Gasteiger partial charge in [0.2, 0.25) is 5.91 Å². The van der Waals surface area contributed by atoms with Gasteiger partial charge in [0.1, 0.15) is 0 Å². The predicted molar refractivity (Wildman–Crippen MR) is 61.1 cm³/mol. The lowest BCUT2D eigenvalue weighted by Gasteiger charge is -2.04. The highest BCUT2D eigenvalue weighted by molar-refractivity contribution is 5.87. The van der Waals surface area contributed by atoms with Gasteiger partial charge in [-0.1, -0.05) is 38.0 Å². The fourth-order valence-electron chi connectivity index (χ4n) is 0.974. The van der Waals surface area contributed by atoms with Crippen LogP contribution >= 0.6 is 0 Å². The molecule has 0 aliphatic carbocycles. The summed E-state index contributed by atoms with van der Waals surface area (Å²) in [6.45, 7) is 2.19. The summed E-state index contributed by atoms with van der Waals surface area (Å²) in [5, 5.41) is 0. The van der Waals surface area contributed by atoms with Gasteiger partial charge in [-0.15, -0.1) is 0 Å². The Morgan fingerprint density at radius 1 is 1.21 bits per heavy atom. The molecule has 0 spiro atoms. The molecule has 0 radical (unpaired) electrons. The lowest BCUT2D eigenvalue weighted by atomic mass is 10.2. The van der Waals surface area contributed by atoms with Gasteiger partial charge in [0.05, 0.1) is 0 Å². The van der Waals surface area contributed by atoms with Crippen LogP contribution in [0.1, 0.15) is 32.6 Å². The highest BCUT2D eigenvalue weighted by atomic mass is 16.2. The van der Waals surface area contributed by atoms with Crippen LogP contribution in [-0.2, 0) is 4.79 Å². The first-order valence-electron chi connectivity index (χ1n) is 5.23. The molecule has 0 bridgehead atoms. The summed E-state index contributed by atoms with van der Waals surface area (Å²) in [6.07, 6.45) is 12.3. The van der Waals surface area contributed by atoms with Crippen LogP contribution in [0.4, 0.5) is 0 Å². The second-order valence-electron chi connectivity index (χ2n) is 3.52. The molecule has 0 fully saturated rings. The Morgan fingerprint density at radius 3 is 2.50 bits per heavy atom. The van der Waals surface area contributed by atoms with E-state index >= 15 is 0 Å². The zero-order chi connectivity index (χ0) is 10.8. The Hall–Kier alpha value is -1.05. The molecule has 0 aromatic heterocycles. The predicted octanol–water partition coefficient (Wildman–Crippen LogP) is 2.77. The molecule has 2 nitrogen and oxygen atoms in total. The Balaban J connectivity index is 3.55. The number of nitrogens with zero attached hydrogens (tertiary/aromatic N) is 1. The van der Waals surface area contributed by atoms with Gasteiger partial charge in [-0.3, -0.25) is 4.79 Å². The zero-order valence-corrected chi connectivity index (χ0v) is 9.49. The molecule has 14 heavy (non-hydrogen) atoms. The molecule has 2 heteroatoms. The molecule has 80 valence electrons. The summed E-state index contributed by atoms with van der Waals surface area (Å²) >= 11 is 0. The normalized spacial score (nSPS) is 11.4. The van der Waals surface area contributed by atoms with Crippen LogP contribution in [-0.4, -0.2) is 24.9 Å². The second kappa shape index (κ2) is 8.54. The third-order valence-corrected chi connectivity index (χ3v) is 1.90. The topological polar surface area (TPSA) is 20.3 Å². The first-order chi connectivity index (χ1) is 6.68. The fraction of sp³-hybridized carbons (Fsp3) is 0.583. The van der Waals surface area contributed by atoms with E-state index in [-0.39, 0.29) is 5.91 Å². The van der Waals surface area contributed by atoms with E-state index in [1.807, 2.05) is 6.08 Å². The van der Waals surface area contributed by atoms with Crippen molar-refractivity contribution < 1.29 is 4.79 Å². The number of carbonyl (C=O) groups excluding carboxylic acids is 1. The zero-order valence-electron chi connectivity index (χ0n) is 9.49. The van der Waals surface area contributed by atoms with Crippen molar-refractivity contribution in [3.63, 3.8) is 0 Å². The van der Waals surface area contributed by atoms with Crippen LogP contribution < -0.4 is 0 Å². The average molecular weight is 195 g/mol. The van der Waals surface area contributed by atoms with Crippen molar-refractivity contribution in [1.82, 2.24) is 4.90 Å². The molecule has 0 aliphatic rings. The molecular weight excluding hydrogens is 174 g/mol. The molecule has 0 aliphatic heterocycles. The molecule has 0 unspecified atom stereocenters. The minimum Gasteiger partial charge on any atom is -0.345 e. The van der Waals surface area contributed by atoms with Crippen molar-refractivity contribution in [3.8, 4) is 0 Å². The van der Waals surface area contributed by atoms with Gasteiger partial charge in [-0.2, -0.15) is 0 Å². The molecule has 0 rings (SSSR count). The van der Waals surface area contributed by atoms with Gasteiger partial charge in [-0.05, 0) is 12.8 Å². The third-order valence-electron chi connectivity index (χ3n) is 1.90. The minimum atomic E-state index is 0.0307. The van der Waals surface area contributed by atoms with Crippen LogP contribution in [0.15, 0.2) is 24.3 Å². The van der Waals surface area contributed by atoms with Crippen LogP contribution in [0.5, 0.6) is 0 Å². The van der Waals surface area contributed by atoms with E-state index in [1.165, 1.54) is 19.3 Å². The van der Waals surface area contributed by atoms with Crippen molar-refractivity contribution in [1.29, 1.82) is 0 Å². The maximum absolute atomic E-state index is 11.1. The van der Waals surface area contributed by atoms with Crippen molar-refractivity contribution in [2.75, 3.05) is 14.1 Å². The van der Waals surface area contributed by atoms with Gasteiger partial charge in [-0.25, -0.2) is 0 Å². The summed E-state index contributed by atoms with van der Waals surface area (Å²) < 4.78 is 0. The summed E-state index contributed by atoms with van der Waals surface area (Å²) in [4.78, 5) is 12.6. The van der Waals surface area contributed by atoms with E-state index in [0.717, 1.165) is 6.42 Å². The Kier molecular flexibility index (Phi) is 7.90. The Morgan fingerprint density at radius 2 is 1.93 bits per heavy atom. The lowest BCUT2D eigenvalue weighted by Crippen LogP contribution is -2.18. The van der Waals surface area contributed by atoms with Gasteiger partial charge < -0.3 is 4.90 Å². The molecule has 1 amide bonds. The Bertz CT molecular complexity index is 204. The SMILES string of the molecule is CCCCC/C=C/C=C/C(=O)N(C)C. The van der Waals surface area contributed by atoms with Crippen molar-refractivity contribution in [2.45, 2.75) is 32.6 Å². The largest absolute Gasteiger partial charge is 0.345 e. The molecule has 0 N–H and O–H groups in total. The van der Waals surface area contributed by atoms with Crippen molar-refractivity contribution in [2.24, 2.45) is 0 Å². The molecule has 0 saturated heterocycles. The lowest BCUT2D eigenvalue weighted by molar-refractivity contribution is -0.123. The van der Waals surface area contributed by atoms with E-state index < -0.39 is 0 Å². The van der Waals surface area contributed by atoms with E-state index in [9.17, 15) is 4.79 Å². The molecule has 0 atom stereocenters. The number of likely N-dealkylation sites (N-methyl/N-ethyl adjacent to an activating group) is 1. The average Bonchev–Trinajstić information content (AvgIpc) is 2.16. The van der Waals surface area contributed by atoms with E-state index in [1.54, 1.807) is 31.1 Å². The quantitative estimate of drug-likeness (QED) is 0.362. The number of rotatable bonds is 6. The maximum Gasteiger partial charge on any atom is 0.246 e. The van der Waals surface area contributed by atoms with Crippen LogP contribution in [0.2, 0.25) is 0 Å². The number of hydrogen-bond donors (Lipinski definition) is 0. The van der Waals surface area contributed by atoms with E-state index in [4.69, 9.17) is 0 Å². The number of unbranched alkanes of at least 4 members (excludes halogenated alkanes) is 3. The summed E-state index contributed by atoms with van der Waals surface area (Å²) in [5.74, 6) is 0.0307. The first kappa shape index (κ1) is 12.9. The summed E-state index contributed by atoms with van der Waals surface area (Å²) in [6, 6.07) is 0. The molecule has 0 saturated carbocycles. The molecule has 0 aromatic carbocycles. The molecule has 0 heterocycles. The molecule has 0 aromatic rings. The van der Waals surface area contributed by atoms with Crippen LogP contribution in [0.25, 0.3) is 0 Å².